The topological polar surface area (TPSA) is 85.7 Å². The number of anilines is 2. The molecule has 9 heteroatoms. The fourth-order valence-corrected chi connectivity index (χ4v) is 3.85. The van der Waals surface area contributed by atoms with Crippen LogP contribution in [0.1, 0.15) is 6.42 Å². The molecule has 1 N–H and O–H groups in total. The molecule has 2 aliphatic heterocycles. The predicted octanol–water partition coefficient (Wildman–Crippen LogP) is 2.95. The molecule has 8 nitrogen and oxygen atoms in total. The number of fused-ring (bicyclic) bond motifs is 2. The predicted molar refractivity (Wildman–Crippen MR) is 107 cm³/mol. The van der Waals surface area contributed by atoms with Crippen LogP contribution in [0.25, 0.3) is 11.0 Å². The monoisotopic (exact) mass is 412 g/mol. The molecule has 29 heavy (non-hydrogen) atoms. The number of nitrogens with zero attached hydrogens (tertiary/aromatic N) is 3. The van der Waals surface area contributed by atoms with Crippen LogP contribution < -0.4 is 19.7 Å². The van der Waals surface area contributed by atoms with Gasteiger partial charge in [0.15, 0.2) is 11.5 Å². The highest BCUT2D eigenvalue weighted by Gasteiger charge is 2.36. The van der Waals surface area contributed by atoms with Crippen LogP contribution in [-0.4, -0.2) is 34.7 Å². The standard InChI is InChI=1S/C20H17ClN4O4/c1-24-15-4-2-12(21)7-14(15)22-20(24)23-19(27)11-6-18(26)25(9-11)13-3-5-16-17(8-13)29-10-28-16/h2-5,7-8,11H,6,9-10H2,1H3,(H,22,23,27). The van der Waals surface area contributed by atoms with Crippen molar-refractivity contribution >= 4 is 46.1 Å². The summed E-state index contributed by atoms with van der Waals surface area (Å²) < 4.78 is 12.5. The van der Waals surface area contributed by atoms with E-state index in [-0.39, 0.29) is 25.0 Å². The summed E-state index contributed by atoms with van der Waals surface area (Å²) in [4.78, 5) is 31.4. The van der Waals surface area contributed by atoms with Crippen LogP contribution in [0.5, 0.6) is 11.5 Å². The summed E-state index contributed by atoms with van der Waals surface area (Å²) in [6, 6.07) is 10.7. The minimum absolute atomic E-state index is 0.110. The molecule has 1 fully saturated rings. The fourth-order valence-electron chi connectivity index (χ4n) is 3.68. The average molecular weight is 413 g/mol. The molecule has 0 saturated carbocycles. The molecule has 2 aromatic carbocycles. The van der Waals surface area contributed by atoms with Gasteiger partial charge in [0.2, 0.25) is 24.6 Å². The lowest BCUT2D eigenvalue weighted by Crippen LogP contribution is -2.28. The van der Waals surface area contributed by atoms with E-state index in [0.29, 0.717) is 40.2 Å². The SMILES string of the molecule is Cn1c(NC(=O)C2CC(=O)N(c3ccc4c(c3)OCO4)C2)nc2cc(Cl)ccc21. The molecular formula is C20H17ClN4O4. The van der Waals surface area contributed by atoms with E-state index in [1.807, 2.05) is 13.1 Å². The number of aromatic nitrogens is 2. The Labute approximate surface area is 171 Å². The molecule has 0 radical (unpaired) electrons. The lowest BCUT2D eigenvalue weighted by molar-refractivity contribution is -0.122. The molecule has 0 bridgehead atoms. The van der Waals surface area contributed by atoms with Crippen LogP contribution in [0.3, 0.4) is 0 Å². The van der Waals surface area contributed by atoms with Gasteiger partial charge in [-0.15, -0.1) is 0 Å². The van der Waals surface area contributed by atoms with Gasteiger partial charge in [-0.25, -0.2) is 4.98 Å². The largest absolute Gasteiger partial charge is 0.454 e. The van der Waals surface area contributed by atoms with Gasteiger partial charge in [-0.1, -0.05) is 11.6 Å². The molecule has 0 aliphatic carbocycles. The summed E-state index contributed by atoms with van der Waals surface area (Å²) in [5.41, 5.74) is 2.24. The van der Waals surface area contributed by atoms with Gasteiger partial charge in [-0.2, -0.15) is 0 Å². The fraction of sp³-hybridized carbons (Fsp3) is 0.250. The molecule has 0 spiro atoms. The summed E-state index contributed by atoms with van der Waals surface area (Å²) in [6.07, 6.45) is 0.135. The number of ether oxygens (including phenoxy) is 2. The minimum atomic E-state index is -0.476. The first-order valence-electron chi connectivity index (χ1n) is 9.12. The Morgan fingerprint density at radius 3 is 2.90 bits per heavy atom. The van der Waals surface area contributed by atoms with Gasteiger partial charge < -0.3 is 18.9 Å². The molecule has 1 unspecified atom stereocenters. The number of nitrogens with one attached hydrogen (secondary N) is 1. The van der Waals surface area contributed by atoms with Crippen molar-refractivity contribution in [2.24, 2.45) is 13.0 Å². The van der Waals surface area contributed by atoms with E-state index in [9.17, 15) is 9.59 Å². The first-order valence-corrected chi connectivity index (χ1v) is 9.50. The average Bonchev–Trinajstić information content (AvgIpc) is 3.39. The highest BCUT2D eigenvalue weighted by molar-refractivity contribution is 6.31. The Bertz CT molecular complexity index is 1160. The number of hydrogen-bond acceptors (Lipinski definition) is 5. The van der Waals surface area contributed by atoms with Gasteiger partial charge in [0, 0.05) is 36.8 Å². The van der Waals surface area contributed by atoms with E-state index < -0.39 is 5.92 Å². The summed E-state index contributed by atoms with van der Waals surface area (Å²) in [5.74, 6) is 0.836. The van der Waals surface area contributed by atoms with Crippen LogP contribution in [-0.2, 0) is 16.6 Å². The molecule has 2 aliphatic rings. The number of benzene rings is 2. The number of amides is 2. The maximum Gasteiger partial charge on any atom is 0.232 e. The second kappa shape index (κ2) is 6.66. The van der Waals surface area contributed by atoms with Gasteiger partial charge >= 0.3 is 0 Å². The van der Waals surface area contributed by atoms with E-state index in [1.54, 1.807) is 39.8 Å². The third-order valence-electron chi connectivity index (χ3n) is 5.24. The Morgan fingerprint density at radius 2 is 2.03 bits per heavy atom. The number of rotatable bonds is 3. The van der Waals surface area contributed by atoms with Crippen molar-refractivity contribution in [1.29, 1.82) is 0 Å². The highest BCUT2D eigenvalue weighted by Crippen LogP contribution is 2.37. The molecule has 1 atom stereocenters. The van der Waals surface area contributed by atoms with E-state index in [4.69, 9.17) is 21.1 Å². The zero-order valence-electron chi connectivity index (χ0n) is 15.5. The van der Waals surface area contributed by atoms with Gasteiger partial charge in [0.1, 0.15) is 0 Å². The van der Waals surface area contributed by atoms with Crippen molar-refractivity contribution in [3.05, 3.63) is 41.4 Å². The molecule has 1 saturated heterocycles. The van der Waals surface area contributed by atoms with Gasteiger partial charge in [0.25, 0.3) is 0 Å². The van der Waals surface area contributed by atoms with Crippen molar-refractivity contribution in [3.8, 4) is 11.5 Å². The summed E-state index contributed by atoms with van der Waals surface area (Å²) in [5, 5.41) is 3.42. The minimum Gasteiger partial charge on any atom is -0.454 e. The Hall–Kier alpha value is -3.26. The number of imidazole rings is 1. The first-order chi connectivity index (χ1) is 14.0. The van der Waals surface area contributed by atoms with Crippen molar-refractivity contribution in [1.82, 2.24) is 9.55 Å². The quantitative estimate of drug-likeness (QED) is 0.714. The molecule has 3 heterocycles. The normalized spacial score (nSPS) is 17.9. The molecular weight excluding hydrogens is 396 g/mol. The smallest absolute Gasteiger partial charge is 0.232 e. The van der Waals surface area contributed by atoms with Crippen LogP contribution in [0, 0.1) is 5.92 Å². The van der Waals surface area contributed by atoms with Gasteiger partial charge in [0.05, 0.1) is 17.0 Å². The van der Waals surface area contributed by atoms with Crippen molar-refractivity contribution in [2.75, 3.05) is 23.6 Å². The zero-order valence-corrected chi connectivity index (χ0v) is 16.3. The third kappa shape index (κ3) is 3.05. The zero-order chi connectivity index (χ0) is 20.1. The molecule has 1 aromatic heterocycles. The van der Waals surface area contributed by atoms with Gasteiger partial charge in [-0.3, -0.25) is 14.9 Å². The summed E-state index contributed by atoms with van der Waals surface area (Å²) >= 11 is 6.02. The van der Waals surface area contributed by atoms with Crippen LogP contribution >= 0.6 is 11.6 Å². The molecule has 5 rings (SSSR count). The van der Waals surface area contributed by atoms with E-state index in [2.05, 4.69) is 10.3 Å². The van der Waals surface area contributed by atoms with E-state index >= 15 is 0 Å². The van der Waals surface area contributed by atoms with Crippen LogP contribution in [0.15, 0.2) is 36.4 Å². The molecule has 148 valence electrons. The molecule has 3 aromatic rings. The Morgan fingerprint density at radius 1 is 1.21 bits per heavy atom. The maximum absolute atomic E-state index is 12.8. The second-order valence-electron chi connectivity index (χ2n) is 7.06. The third-order valence-corrected chi connectivity index (χ3v) is 5.48. The van der Waals surface area contributed by atoms with Crippen molar-refractivity contribution in [3.63, 3.8) is 0 Å². The lowest BCUT2D eigenvalue weighted by atomic mass is 10.1. The molecule has 2 amide bonds. The van der Waals surface area contributed by atoms with Crippen LogP contribution in [0.4, 0.5) is 11.6 Å². The van der Waals surface area contributed by atoms with Crippen LogP contribution in [0.2, 0.25) is 5.02 Å². The van der Waals surface area contributed by atoms with Crippen molar-refractivity contribution < 1.29 is 19.1 Å². The number of halogens is 1. The number of hydrogen-bond donors (Lipinski definition) is 1. The summed E-state index contributed by atoms with van der Waals surface area (Å²) in [6.45, 7) is 0.459. The number of carbonyl (C=O) groups is 2. The number of carbonyl (C=O) groups excluding carboxylic acids is 2. The van der Waals surface area contributed by atoms with E-state index in [1.165, 1.54) is 0 Å². The number of aryl methyl sites for hydroxylation is 1. The maximum atomic E-state index is 12.8. The Kier molecular flexibility index (Phi) is 4.09. The van der Waals surface area contributed by atoms with E-state index in [0.717, 1.165) is 5.52 Å². The Balaban J connectivity index is 1.34. The highest BCUT2D eigenvalue weighted by atomic mass is 35.5. The van der Waals surface area contributed by atoms with Crippen molar-refractivity contribution in [2.45, 2.75) is 6.42 Å². The summed E-state index contributed by atoms with van der Waals surface area (Å²) in [7, 11) is 1.82. The van der Waals surface area contributed by atoms with Gasteiger partial charge in [-0.05, 0) is 30.3 Å². The lowest BCUT2D eigenvalue weighted by Gasteiger charge is -2.17. The first kappa shape index (κ1) is 17.8. The second-order valence-corrected chi connectivity index (χ2v) is 7.50.